The average Bonchev–Trinajstić information content (AvgIpc) is 2.54. The number of aryl methyl sites for hydroxylation is 3. The molecule has 0 aliphatic heterocycles. The van der Waals surface area contributed by atoms with E-state index in [1.807, 2.05) is 0 Å². The predicted molar refractivity (Wildman–Crippen MR) is 96.2 cm³/mol. The van der Waals surface area contributed by atoms with Gasteiger partial charge in [0.05, 0.1) is 0 Å². The van der Waals surface area contributed by atoms with Gasteiger partial charge in [0, 0.05) is 6.54 Å². The largest absolute Gasteiger partial charge is 0.299 e. The second kappa shape index (κ2) is 8.75. The Kier molecular flexibility index (Phi) is 6.67. The Morgan fingerprint density at radius 3 is 2.27 bits per heavy atom. The third-order valence-electron chi connectivity index (χ3n) is 4.41. The maximum absolute atomic E-state index is 2.55. The molecule has 0 N–H and O–H groups in total. The molecule has 0 unspecified atom stereocenters. The number of hydrogen-bond donors (Lipinski definition) is 0. The van der Waals surface area contributed by atoms with Crippen LogP contribution in [0.5, 0.6) is 0 Å². The van der Waals surface area contributed by atoms with Gasteiger partial charge < -0.3 is 0 Å². The topological polar surface area (TPSA) is 3.24 Å². The van der Waals surface area contributed by atoms with Crippen LogP contribution in [0, 0.1) is 13.8 Å². The molecule has 0 aromatic heterocycles. The zero-order valence-corrected chi connectivity index (χ0v) is 14.3. The van der Waals surface area contributed by atoms with E-state index in [1.165, 1.54) is 48.1 Å². The molecular formula is C21H29N. The third-order valence-corrected chi connectivity index (χ3v) is 4.41. The molecule has 0 amide bonds. The fraction of sp³-hybridized carbons (Fsp3) is 0.429. The summed E-state index contributed by atoms with van der Waals surface area (Å²) in [4.78, 5) is 2.55. The van der Waals surface area contributed by atoms with Crippen LogP contribution in [0.1, 0.15) is 42.0 Å². The fourth-order valence-corrected chi connectivity index (χ4v) is 2.80. The van der Waals surface area contributed by atoms with Gasteiger partial charge in [0.15, 0.2) is 0 Å². The molecule has 0 bridgehead atoms. The van der Waals surface area contributed by atoms with Crippen molar-refractivity contribution in [2.24, 2.45) is 0 Å². The lowest BCUT2D eigenvalue weighted by molar-refractivity contribution is 0.273. The van der Waals surface area contributed by atoms with E-state index in [0.29, 0.717) is 0 Å². The first-order valence-corrected chi connectivity index (χ1v) is 8.51. The Labute approximate surface area is 136 Å². The van der Waals surface area contributed by atoms with Gasteiger partial charge in [0.2, 0.25) is 0 Å². The molecule has 1 heteroatoms. The molecule has 118 valence electrons. The molecule has 0 aliphatic carbocycles. The predicted octanol–water partition coefficient (Wildman–Crippen LogP) is 5.15. The minimum absolute atomic E-state index is 1.08. The van der Waals surface area contributed by atoms with E-state index < -0.39 is 0 Å². The normalized spacial score (nSPS) is 11.1. The van der Waals surface area contributed by atoms with Gasteiger partial charge in [-0.15, -0.1) is 0 Å². The highest BCUT2D eigenvalue weighted by Crippen LogP contribution is 2.12. The zero-order chi connectivity index (χ0) is 15.8. The Balaban J connectivity index is 1.74. The third kappa shape index (κ3) is 5.31. The van der Waals surface area contributed by atoms with Crippen molar-refractivity contribution in [1.29, 1.82) is 0 Å². The molecule has 2 aromatic rings. The van der Waals surface area contributed by atoms with Crippen molar-refractivity contribution in [1.82, 2.24) is 4.90 Å². The highest BCUT2D eigenvalue weighted by molar-refractivity contribution is 5.25. The summed E-state index contributed by atoms with van der Waals surface area (Å²) in [6.07, 6.45) is 3.74. The summed E-state index contributed by atoms with van der Waals surface area (Å²) < 4.78 is 0. The summed E-state index contributed by atoms with van der Waals surface area (Å²) in [6.45, 7) is 10.0. The summed E-state index contributed by atoms with van der Waals surface area (Å²) in [5, 5.41) is 0. The van der Waals surface area contributed by atoms with Crippen LogP contribution in [0.2, 0.25) is 0 Å². The van der Waals surface area contributed by atoms with E-state index in [9.17, 15) is 0 Å². The number of benzene rings is 2. The van der Waals surface area contributed by atoms with Gasteiger partial charge >= 0.3 is 0 Å². The summed E-state index contributed by atoms with van der Waals surface area (Å²) >= 11 is 0. The van der Waals surface area contributed by atoms with Crippen molar-refractivity contribution in [3.05, 3.63) is 70.8 Å². The number of unbranched alkanes of at least 4 members (excludes halogenated alkanes) is 1. The van der Waals surface area contributed by atoms with E-state index >= 15 is 0 Å². The van der Waals surface area contributed by atoms with Crippen LogP contribution in [0.15, 0.2) is 48.5 Å². The molecule has 0 atom stereocenters. The average molecular weight is 295 g/mol. The molecule has 2 aromatic carbocycles. The first-order chi connectivity index (χ1) is 10.7. The Bertz CT molecular complexity index is 556. The van der Waals surface area contributed by atoms with Gasteiger partial charge in [-0.3, -0.25) is 4.90 Å². The number of nitrogens with zero attached hydrogens (tertiary/aromatic N) is 1. The van der Waals surface area contributed by atoms with Crippen molar-refractivity contribution >= 4 is 0 Å². The molecule has 22 heavy (non-hydrogen) atoms. The maximum atomic E-state index is 2.55. The summed E-state index contributed by atoms with van der Waals surface area (Å²) in [5.74, 6) is 0. The van der Waals surface area contributed by atoms with Gasteiger partial charge in [-0.05, 0) is 62.9 Å². The van der Waals surface area contributed by atoms with Crippen LogP contribution in [0.3, 0.4) is 0 Å². The molecule has 1 nitrogen and oxygen atoms in total. The zero-order valence-electron chi connectivity index (χ0n) is 14.3. The quantitative estimate of drug-likeness (QED) is 0.609. The van der Waals surface area contributed by atoms with E-state index in [1.54, 1.807) is 0 Å². The van der Waals surface area contributed by atoms with Gasteiger partial charge in [-0.2, -0.15) is 0 Å². The highest BCUT2D eigenvalue weighted by Gasteiger charge is 2.05. The molecule has 0 spiro atoms. The first-order valence-electron chi connectivity index (χ1n) is 8.51. The molecule has 0 radical (unpaired) electrons. The molecule has 0 saturated carbocycles. The van der Waals surface area contributed by atoms with Crippen molar-refractivity contribution < 1.29 is 0 Å². The summed E-state index contributed by atoms with van der Waals surface area (Å²) in [6, 6.07) is 17.7. The fourth-order valence-electron chi connectivity index (χ4n) is 2.80. The van der Waals surface area contributed by atoms with Crippen molar-refractivity contribution in [2.45, 2.75) is 46.6 Å². The molecule has 0 heterocycles. The smallest absolute Gasteiger partial charge is 0.0236 e. The minimum Gasteiger partial charge on any atom is -0.299 e. The van der Waals surface area contributed by atoms with Crippen LogP contribution >= 0.6 is 0 Å². The SMILES string of the molecule is CCN(CCCCc1ccc(C)cc1)Cc1ccccc1C. The summed E-state index contributed by atoms with van der Waals surface area (Å²) in [7, 11) is 0. The molecular weight excluding hydrogens is 266 g/mol. The molecule has 2 rings (SSSR count). The Morgan fingerprint density at radius 2 is 1.59 bits per heavy atom. The van der Waals surface area contributed by atoms with Crippen molar-refractivity contribution in [2.75, 3.05) is 13.1 Å². The van der Waals surface area contributed by atoms with E-state index in [2.05, 4.69) is 74.2 Å². The van der Waals surface area contributed by atoms with E-state index in [0.717, 1.165) is 13.1 Å². The standard InChI is InChI=1S/C21H29N/c1-4-22(17-21-11-6-5-9-19(21)3)16-8-7-10-20-14-12-18(2)13-15-20/h5-6,9,11-15H,4,7-8,10,16-17H2,1-3H3. The molecule has 0 fully saturated rings. The van der Waals surface area contributed by atoms with Gasteiger partial charge in [-0.25, -0.2) is 0 Å². The molecule has 0 saturated heterocycles. The van der Waals surface area contributed by atoms with Crippen LogP contribution < -0.4 is 0 Å². The Morgan fingerprint density at radius 1 is 0.864 bits per heavy atom. The van der Waals surface area contributed by atoms with Gasteiger partial charge in [0.25, 0.3) is 0 Å². The van der Waals surface area contributed by atoms with E-state index in [-0.39, 0.29) is 0 Å². The maximum Gasteiger partial charge on any atom is 0.0236 e. The summed E-state index contributed by atoms with van der Waals surface area (Å²) in [5.41, 5.74) is 5.68. The van der Waals surface area contributed by atoms with Crippen LogP contribution in [0.4, 0.5) is 0 Å². The number of hydrogen-bond acceptors (Lipinski definition) is 1. The lowest BCUT2D eigenvalue weighted by atomic mass is 10.1. The van der Waals surface area contributed by atoms with Crippen molar-refractivity contribution in [3.8, 4) is 0 Å². The lowest BCUT2D eigenvalue weighted by Crippen LogP contribution is -2.24. The highest BCUT2D eigenvalue weighted by atomic mass is 15.1. The van der Waals surface area contributed by atoms with Crippen molar-refractivity contribution in [3.63, 3.8) is 0 Å². The number of rotatable bonds is 8. The first kappa shape index (κ1) is 16.8. The van der Waals surface area contributed by atoms with E-state index in [4.69, 9.17) is 0 Å². The second-order valence-electron chi connectivity index (χ2n) is 6.24. The van der Waals surface area contributed by atoms with Crippen LogP contribution in [0.25, 0.3) is 0 Å². The Hall–Kier alpha value is -1.60. The van der Waals surface area contributed by atoms with Gasteiger partial charge in [0.1, 0.15) is 0 Å². The second-order valence-corrected chi connectivity index (χ2v) is 6.24. The monoisotopic (exact) mass is 295 g/mol. The van der Waals surface area contributed by atoms with Crippen LogP contribution in [-0.2, 0) is 13.0 Å². The van der Waals surface area contributed by atoms with Crippen LogP contribution in [-0.4, -0.2) is 18.0 Å². The van der Waals surface area contributed by atoms with Gasteiger partial charge in [-0.1, -0.05) is 61.0 Å². The minimum atomic E-state index is 1.08. The molecule has 0 aliphatic rings. The lowest BCUT2D eigenvalue weighted by Gasteiger charge is -2.21.